The number of pyridine rings is 1. The van der Waals surface area contributed by atoms with Crippen LogP contribution in [0.25, 0.3) is 0 Å². The van der Waals surface area contributed by atoms with Gasteiger partial charge in [-0.3, -0.25) is 9.78 Å². The number of rotatable bonds is 3. The third-order valence-corrected chi connectivity index (χ3v) is 3.75. The molecule has 1 amide bonds. The van der Waals surface area contributed by atoms with Gasteiger partial charge in [-0.05, 0) is 18.1 Å². The van der Waals surface area contributed by atoms with Gasteiger partial charge >= 0.3 is 0 Å². The Bertz CT molecular complexity index is 554. The molecule has 0 radical (unpaired) electrons. The van der Waals surface area contributed by atoms with Crippen molar-refractivity contribution in [2.45, 2.75) is 19.8 Å². The largest absolute Gasteiger partial charge is 0.319 e. The molecule has 2 aromatic heterocycles. The van der Waals surface area contributed by atoms with Crippen LogP contribution in [0.3, 0.4) is 0 Å². The van der Waals surface area contributed by atoms with E-state index in [1.165, 1.54) is 11.3 Å². The first-order chi connectivity index (χ1) is 8.58. The average Bonchev–Trinajstić information content (AvgIpc) is 2.73. The number of thiazole rings is 1. The predicted octanol–water partition coefficient (Wildman–Crippen LogP) is 3.57. The highest BCUT2D eigenvalue weighted by Crippen LogP contribution is 2.29. The molecule has 0 unspecified atom stereocenters. The quantitative estimate of drug-likeness (QED) is 0.936. The second-order valence-corrected chi connectivity index (χ2v) is 5.64. The van der Waals surface area contributed by atoms with Crippen molar-refractivity contribution in [1.29, 1.82) is 0 Å². The van der Waals surface area contributed by atoms with E-state index in [0.29, 0.717) is 15.8 Å². The zero-order valence-electron chi connectivity index (χ0n) is 9.98. The van der Waals surface area contributed by atoms with Gasteiger partial charge in [0, 0.05) is 11.1 Å². The van der Waals surface area contributed by atoms with Crippen molar-refractivity contribution in [2.24, 2.45) is 0 Å². The van der Waals surface area contributed by atoms with Gasteiger partial charge in [0.05, 0.1) is 11.9 Å². The van der Waals surface area contributed by atoms with Gasteiger partial charge in [0.25, 0.3) is 5.91 Å². The van der Waals surface area contributed by atoms with Crippen molar-refractivity contribution < 1.29 is 4.79 Å². The number of carbonyl (C=O) groups excluding carboxylic acids is 1. The molecule has 2 rings (SSSR count). The van der Waals surface area contributed by atoms with Gasteiger partial charge in [-0.15, -0.1) is 11.3 Å². The lowest BCUT2D eigenvalue weighted by atomic mass is 10.1. The van der Waals surface area contributed by atoms with E-state index in [1.54, 1.807) is 24.5 Å². The Hall–Kier alpha value is -1.46. The molecular weight excluding hydrogens is 270 g/mol. The summed E-state index contributed by atoms with van der Waals surface area (Å²) < 4.78 is 0.384. The molecule has 0 aliphatic carbocycles. The van der Waals surface area contributed by atoms with Crippen LogP contribution in [-0.4, -0.2) is 15.9 Å². The van der Waals surface area contributed by atoms with Crippen LogP contribution in [0.4, 0.5) is 5.69 Å². The molecule has 0 saturated heterocycles. The molecule has 2 aromatic rings. The van der Waals surface area contributed by atoms with E-state index in [2.05, 4.69) is 15.3 Å². The summed E-state index contributed by atoms with van der Waals surface area (Å²) >= 11 is 7.21. The molecular formula is C12H12ClN3OS. The summed E-state index contributed by atoms with van der Waals surface area (Å²) in [4.78, 5) is 21.0. The molecule has 0 aromatic carbocycles. The summed E-state index contributed by atoms with van der Waals surface area (Å²) in [5.41, 5.74) is 1.03. The van der Waals surface area contributed by atoms with Crippen molar-refractivity contribution in [3.63, 3.8) is 0 Å². The van der Waals surface area contributed by atoms with Gasteiger partial charge in [0.2, 0.25) is 0 Å². The summed E-state index contributed by atoms with van der Waals surface area (Å²) in [6.07, 6.45) is 3.23. The van der Waals surface area contributed by atoms with Crippen LogP contribution in [0.1, 0.15) is 35.1 Å². The number of nitrogens with zero attached hydrogens (tertiary/aromatic N) is 2. The number of hydrogen-bond acceptors (Lipinski definition) is 4. The molecule has 1 N–H and O–H groups in total. The van der Waals surface area contributed by atoms with Crippen LogP contribution < -0.4 is 5.32 Å². The molecule has 0 saturated carbocycles. The smallest absolute Gasteiger partial charge is 0.275 e. The molecule has 6 heteroatoms. The molecule has 0 bridgehead atoms. The first kappa shape index (κ1) is 13.0. The number of anilines is 1. The Kier molecular flexibility index (Phi) is 3.93. The van der Waals surface area contributed by atoms with E-state index >= 15 is 0 Å². The summed E-state index contributed by atoms with van der Waals surface area (Å²) in [6.45, 7) is 4.01. The predicted molar refractivity (Wildman–Crippen MR) is 73.4 cm³/mol. The van der Waals surface area contributed by atoms with Crippen molar-refractivity contribution in [3.05, 3.63) is 39.6 Å². The molecule has 2 heterocycles. The minimum Gasteiger partial charge on any atom is -0.319 e. The first-order valence-corrected chi connectivity index (χ1v) is 6.65. The molecule has 0 fully saturated rings. The van der Waals surface area contributed by atoms with E-state index in [1.807, 2.05) is 13.8 Å². The maximum Gasteiger partial charge on any atom is 0.275 e. The maximum absolute atomic E-state index is 12.1. The number of carbonyl (C=O) groups is 1. The van der Waals surface area contributed by atoms with Gasteiger partial charge in [0.1, 0.15) is 5.69 Å². The van der Waals surface area contributed by atoms with E-state index in [-0.39, 0.29) is 11.8 Å². The highest BCUT2D eigenvalue weighted by molar-refractivity contribution is 7.16. The molecule has 4 nitrogen and oxygen atoms in total. The van der Waals surface area contributed by atoms with Gasteiger partial charge < -0.3 is 5.32 Å². The number of amides is 1. The standard InChI is InChI=1S/C12H12ClN3OS/c1-7(2)10-9(16-12(13)18-10)11(17)15-8-4-3-5-14-6-8/h3-7H,1-2H3,(H,15,17). The Morgan fingerprint density at radius 1 is 1.50 bits per heavy atom. The lowest BCUT2D eigenvalue weighted by Gasteiger charge is -2.06. The van der Waals surface area contributed by atoms with Gasteiger partial charge in [-0.2, -0.15) is 0 Å². The van der Waals surface area contributed by atoms with E-state index in [4.69, 9.17) is 11.6 Å². The van der Waals surface area contributed by atoms with Crippen molar-refractivity contribution >= 4 is 34.5 Å². The number of halogens is 1. The summed E-state index contributed by atoms with van der Waals surface area (Å²) in [6, 6.07) is 3.53. The molecule has 18 heavy (non-hydrogen) atoms. The van der Waals surface area contributed by atoms with Crippen LogP contribution in [0.15, 0.2) is 24.5 Å². The SMILES string of the molecule is CC(C)c1sc(Cl)nc1C(=O)Nc1cccnc1. The lowest BCUT2D eigenvalue weighted by molar-refractivity contribution is 0.102. The fraction of sp³-hybridized carbons (Fsp3) is 0.250. The second kappa shape index (κ2) is 5.46. The van der Waals surface area contributed by atoms with Crippen LogP contribution in [-0.2, 0) is 0 Å². The maximum atomic E-state index is 12.1. The van der Waals surface area contributed by atoms with Gasteiger partial charge in [-0.1, -0.05) is 25.4 Å². The van der Waals surface area contributed by atoms with Crippen LogP contribution >= 0.6 is 22.9 Å². The Morgan fingerprint density at radius 3 is 2.89 bits per heavy atom. The molecule has 0 atom stereocenters. The monoisotopic (exact) mass is 281 g/mol. The van der Waals surface area contributed by atoms with Crippen LogP contribution in [0.5, 0.6) is 0 Å². The molecule has 0 aliphatic heterocycles. The topological polar surface area (TPSA) is 54.9 Å². The highest BCUT2D eigenvalue weighted by atomic mass is 35.5. The average molecular weight is 282 g/mol. The van der Waals surface area contributed by atoms with Crippen LogP contribution in [0, 0.1) is 0 Å². The Balaban J connectivity index is 2.24. The number of hydrogen-bond donors (Lipinski definition) is 1. The summed E-state index contributed by atoms with van der Waals surface area (Å²) in [5, 5.41) is 2.75. The normalized spacial score (nSPS) is 10.7. The van der Waals surface area contributed by atoms with E-state index < -0.39 is 0 Å². The lowest BCUT2D eigenvalue weighted by Crippen LogP contribution is -2.14. The number of aromatic nitrogens is 2. The third kappa shape index (κ3) is 2.86. The summed E-state index contributed by atoms with van der Waals surface area (Å²) in [5.74, 6) is -0.0421. The number of nitrogens with one attached hydrogen (secondary N) is 1. The fourth-order valence-electron chi connectivity index (χ4n) is 1.49. The van der Waals surface area contributed by atoms with Gasteiger partial charge in [0.15, 0.2) is 4.47 Å². The molecule has 94 valence electrons. The third-order valence-electron chi connectivity index (χ3n) is 2.29. The Labute approximate surface area is 114 Å². The van der Waals surface area contributed by atoms with Crippen molar-refractivity contribution in [2.75, 3.05) is 5.32 Å². The second-order valence-electron chi connectivity index (χ2n) is 4.03. The summed E-state index contributed by atoms with van der Waals surface area (Å²) in [7, 11) is 0. The first-order valence-electron chi connectivity index (χ1n) is 5.45. The minimum absolute atomic E-state index is 0.213. The molecule has 0 spiro atoms. The minimum atomic E-state index is -0.255. The fourth-order valence-corrected chi connectivity index (χ4v) is 2.61. The van der Waals surface area contributed by atoms with Gasteiger partial charge in [-0.25, -0.2) is 4.98 Å². The van der Waals surface area contributed by atoms with Crippen molar-refractivity contribution in [1.82, 2.24) is 9.97 Å². The van der Waals surface area contributed by atoms with E-state index in [0.717, 1.165) is 4.88 Å². The zero-order chi connectivity index (χ0) is 13.1. The zero-order valence-corrected chi connectivity index (χ0v) is 11.5. The van der Waals surface area contributed by atoms with E-state index in [9.17, 15) is 4.79 Å². The highest BCUT2D eigenvalue weighted by Gasteiger charge is 2.19. The van der Waals surface area contributed by atoms with Crippen LogP contribution in [0.2, 0.25) is 4.47 Å². The van der Waals surface area contributed by atoms with Crippen molar-refractivity contribution in [3.8, 4) is 0 Å². The molecule has 0 aliphatic rings. The Morgan fingerprint density at radius 2 is 2.28 bits per heavy atom.